The summed E-state index contributed by atoms with van der Waals surface area (Å²) in [4.78, 5) is 2.92. The second-order valence-corrected chi connectivity index (χ2v) is 8.49. The zero-order valence-corrected chi connectivity index (χ0v) is 14.1. The Morgan fingerprint density at radius 2 is 1.64 bits per heavy atom. The Kier molecular flexibility index (Phi) is 4.85. The van der Waals surface area contributed by atoms with Crippen LogP contribution in [0, 0.1) is 0 Å². The van der Waals surface area contributed by atoms with Crippen LogP contribution in [0.25, 0.3) is 0 Å². The van der Waals surface area contributed by atoms with Gasteiger partial charge in [0.1, 0.15) is 0 Å². The average Bonchev–Trinajstić information content (AvgIpc) is 3.09. The number of sulfonamides is 1. The summed E-state index contributed by atoms with van der Waals surface area (Å²) in [6, 6.07) is 9.32. The lowest BCUT2D eigenvalue weighted by Gasteiger charge is -2.41. The van der Waals surface area contributed by atoms with E-state index in [-0.39, 0.29) is 6.04 Å². The molecule has 2 fully saturated rings. The fourth-order valence-electron chi connectivity index (χ4n) is 3.95. The molecular weight excluding hydrogens is 296 g/mol. The van der Waals surface area contributed by atoms with Crippen molar-refractivity contribution < 1.29 is 8.42 Å². The summed E-state index contributed by atoms with van der Waals surface area (Å²) in [5.74, 6) is 0. The molecule has 0 bridgehead atoms. The lowest BCUT2D eigenvalue weighted by Crippen LogP contribution is -2.53. The van der Waals surface area contributed by atoms with Crippen LogP contribution in [0.2, 0.25) is 0 Å². The average molecular weight is 322 g/mol. The zero-order chi connectivity index (χ0) is 15.6. The van der Waals surface area contributed by atoms with Crippen molar-refractivity contribution in [1.82, 2.24) is 9.21 Å². The van der Waals surface area contributed by atoms with Gasteiger partial charge in [0.2, 0.25) is 10.0 Å². The third-order valence-electron chi connectivity index (χ3n) is 5.19. The molecule has 1 heterocycles. The second kappa shape index (κ2) is 6.69. The van der Waals surface area contributed by atoms with Crippen LogP contribution in [0.15, 0.2) is 35.2 Å². The van der Waals surface area contributed by atoms with E-state index in [0.29, 0.717) is 10.9 Å². The van der Waals surface area contributed by atoms with Gasteiger partial charge in [-0.3, -0.25) is 4.90 Å². The molecule has 1 aliphatic heterocycles. The van der Waals surface area contributed by atoms with Crippen LogP contribution in [0.5, 0.6) is 0 Å². The molecule has 0 spiro atoms. The minimum Gasteiger partial charge on any atom is -0.299 e. The van der Waals surface area contributed by atoms with E-state index in [2.05, 4.69) is 4.90 Å². The van der Waals surface area contributed by atoms with Crippen molar-refractivity contribution in [3.05, 3.63) is 30.3 Å². The van der Waals surface area contributed by atoms with Crippen LogP contribution < -0.4 is 0 Å². The van der Waals surface area contributed by atoms with Crippen molar-refractivity contribution >= 4 is 10.0 Å². The molecule has 0 unspecified atom stereocenters. The number of nitrogens with zero attached hydrogens (tertiary/aromatic N) is 2. The molecule has 1 saturated carbocycles. The van der Waals surface area contributed by atoms with Gasteiger partial charge in [-0.25, -0.2) is 8.42 Å². The van der Waals surface area contributed by atoms with Gasteiger partial charge in [0.15, 0.2) is 0 Å². The quantitative estimate of drug-likeness (QED) is 0.856. The van der Waals surface area contributed by atoms with Crippen molar-refractivity contribution in [1.29, 1.82) is 0 Å². The maximum atomic E-state index is 12.9. The Bertz CT molecular complexity index is 582. The Morgan fingerprint density at radius 3 is 2.32 bits per heavy atom. The molecule has 1 aliphatic carbocycles. The van der Waals surface area contributed by atoms with E-state index in [1.54, 1.807) is 35.6 Å². The zero-order valence-electron chi connectivity index (χ0n) is 13.3. The molecule has 0 aromatic heterocycles. The SMILES string of the molecule is CN([C@@H]1CCCC[C@@H]1N1CCCC1)S(=O)(=O)c1ccccc1. The summed E-state index contributed by atoms with van der Waals surface area (Å²) in [5, 5.41) is 0. The number of hydrogen-bond acceptors (Lipinski definition) is 3. The van der Waals surface area contributed by atoms with Crippen LogP contribution >= 0.6 is 0 Å². The molecule has 0 N–H and O–H groups in total. The van der Waals surface area contributed by atoms with Gasteiger partial charge in [0.25, 0.3) is 0 Å². The standard InChI is InChI=1S/C17H26N2O2S/c1-18(22(20,21)15-9-3-2-4-10-15)16-11-5-6-12-17(16)19-13-7-8-14-19/h2-4,9-10,16-17H,5-8,11-14H2,1H3/t16-,17+/m1/s1. The van der Waals surface area contributed by atoms with E-state index in [1.165, 1.54) is 19.3 Å². The number of hydrogen-bond donors (Lipinski definition) is 0. The fraction of sp³-hybridized carbons (Fsp3) is 0.647. The highest BCUT2D eigenvalue weighted by atomic mass is 32.2. The Hall–Kier alpha value is -0.910. The minimum atomic E-state index is -3.39. The highest BCUT2D eigenvalue weighted by Crippen LogP contribution is 2.31. The molecule has 5 heteroatoms. The molecule has 0 radical (unpaired) electrons. The summed E-state index contributed by atoms with van der Waals surface area (Å²) in [7, 11) is -1.63. The first-order valence-electron chi connectivity index (χ1n) is 8.38. The van der Waals surface area contributed by atoms with Crippen molar-refractivity contribution in [2.45, 2.75) is 55.5 Å². The monoisotopic (exact) mass is 322 g/mol. The summed E-state index contributed by atoms with van der Waals surface area (Å²) in [5.41, 5.74) is 0. The maximum Gasteiger partial charge on any atom is 0.243 e. The molecular formula is C17H26N2O2S. The van der Waals surface area contributed by atoms with Gasteiger partial charge in [0, 0.05) is 19.1 Å². The van der Waals surface area contributed by atoms with Crippen molar-refractivity contribution in [2.24, 2.45) is 0 Å². The van der Waals surface area contributed by atoms with E-state index in [1.807, 2.05) is 6.07 Å². The third kappa shape index (κ3) is 3.07. The molecule has 1 aromatic rings. The first kappa shape index (κ1) is 16.0. The van der Waals surface area contributed by atoms with E-state index < -0.39 is 10.0 Å². The fourth-order valence-corrected chi connectivity index (χ4v) is 5.39. The van der Waals surface area contributed by atoms with Gasteiger partial charge in [-0.15, -0.1) is 0 Å². The number of likely N-dealkylation sites (tertiary alicyclic amines) is 1. The normalized spacial score (nSPS) is 27.4. The van der Waals surface area contributed by atoms with Gasteiger partial charge in [0.05, 0.1) is 4.90 Å². The smallest absolute Gasteiger partial charge is 0.243 e. The maximum absolute atomic E-state index is 12.9. The van der Waals surface area contributed by atoms with Gasteiger partial charge >= 0.3 is 0 Å². The first-order chi connectivity index (χ1) is 10.6. The molecule has 22 heavy (non-hydrogen) atoms. The van der Waals surface area contributed by atoms with Crippen LogP contribution in [0.1, 0.15) is 38.5 Å². The van der Waals surface area contributed by atoms with Crippen molar-refractivity contribution in [3.63, 3.8) is 0 Å². The van der Waals surface area contributed by atoms with Gasteiger partial charge in [-0.1, -0.05) is 31.0 Å². The minimum absolute atomic E-state index is 0.108. The third-order valence-corrected chi connectivity index (χ3v) is 7.09. The Balaban J connectivity index is 1.83. The Morgan fingerprint density at radius 1 is 1.00 bits per heavy atom. The predicted molar refractivity (Wildman–Crippen MR) is 88.2 cm³/mol. The van der Waals surface area contributed by atoms with Crippen LogP contribution in [0.3, 0.4) is 0 Å². The summed E-state index contributed by atoms with van der Waals surface area (Å²) < 4.78 is 27.4. The lowest BCUT2D eigenvalue weighted by molar-refractivity contribution is 0.116. The first-order valence-corrected chi connectivity index (χ1v) is 9.82. The summed E-state index contributed by atoms with van der Waals surface area (Å²) in [6.45, 7) is 2.25. The molecule has 2 atom stereocenters. The lowest BCUT2D eigenvalue weighted by atomic mass is 9.89. The van der Waals surface area contributed by atoms with Crippen molar-refractivity contribution in [3.8, 4) is 0 Å². The van der Waals surface area contributed by atoms with E-state index in [4.69, 9.17) is 0 Å². The highest BCUT2D eigenvalue weighted by molar-refractivity contribution is 7.89. The molecule has 1 aromatic carbocycles. The highest BCUT2D eigenvalue weighted by Gasteiger charge is 2.38. The van der Waals surface area contributed by atoms with Gasteiger partial charge in [-0.2, -0.15) is 4.31 Å². The molecule has 1 saturated heterocycles. The van der Waals surface area contributed by atoms with E-state index >= 15 is 0 Å². The molecule has 0 amide bonds. The van der Waals surface area contributed by atoms with Crippen LogP contribution in [0.4, 0.5) is 0 Å². The number of rotatable bonds is 4. The predicted octanol–water partition coefficient (Wildman–Crippen LogP) is 2.71. The largest absolute Gasteiger partial charge is 0.299 e. The number of benzene rings is 1. The summed E-state index contributed by atoms with van der Waals surface area (Å²) >= 11 is 0. The molecule has 4 nitrogen and oxygen atoms in total. The van der Waals surface area contributed by atoms with E-state index in [0.717, 1.165) is 32.4 Å². The topological polar surface area (TPSA) is 40.6 Å². The summed E-state index contributed by atoms with van der Waals surface area (Å²) in [6.07, 6.45) is 6.94. The van der Waals surface area contributed by atoms with Crippen molar-refractivity contribution in [2.75, 3.05) is 20.1 Å². The van der Waals surface area contributed by atoms with Gasteiger partial charge < -0.3 is 0 Å². The number of likely N-dealkylation sites (N-methyl/N-ethyl adjacent to an activating group) is 1. The van der Waals surface area contributed by atoms with Gasteiger partial charge in [-0.05, 0) is 50.9 Å². The molecule has 122 valence electrons. The molecule has 3 rings (SSSR count). The van der Waals surface area contributed by atoms with E-state index in [9.17, 15) is 8.42 Å². The second-order valence-electron chi connectivity index (χ2n) is 6.50. The van der Waals surface area contributed by atoms with Crippen LogP contribution in [-0.4, -0.2) is 49.8 Å². The van der Waals surface area contributed by atoms with Crippen LogP contribution in [-0.2, 0) is 10.0 Å². The Labute approximate surface area is 134 Å². The molecule has 2 aliphatic rings.